The fraction of sp³-hybridized carbons (Fsp3) is 0.538. The molecule has 0 saturated heterocycles. The lowest BCUT2D eigenvalue weighted by Gasteiger charge is -2.40. The molecule has 1 saturated carbocycles. The molecular formula is C13H17N3S. The predicted molar refractivity (Wildman–Crippen MR) is 72.3 cm³/mol. The van der Waals surface area contributed by atoms with Crippen LogP contribution in [0.2, 0.25) is 0 Å². The van der Waals surface area contributed by atoms with Crippen LogP contribution in [0, 0.1) is 18.3 Å². The van der Waals surface area contributed by atoms with Crippen molar-refractivity contribution in [2.75, 3.05) is 18.1 Å². The van der Waals surface area contributed by atoms with Crippen LogP contribution in [-0.2, 0) is 0 Å². The van der Waals surface area contributed by atoms with Gasteiger partial charge >= 0.3 is 0 Å². The van der Waals surface area contributed by atoms with Gasteiger partial charge in [-0.05, 0) is 38.2 Å². The molecule has 0 radical (unpaired) electrons. The molecule has 0 spiro atoms. The number of aryl methyl sites for hydroxylation is 1. The summed E-state index contributed by atoms with van der Waals surface area (Å²) >= 11 is 1.94. The van der Waals surface area contributed by atoms with Crippen LogP contribution < -0.4 is 5.32 Å². The quantitative estimate of drug-likeness (QED) is 0.888. The Morgan fingerprint density at radius 2 is 2.29 bits per heavy atom. The fourth-order valence-corrected chi connectivity index (χ4v) is 3.01. The van der Waals surface area contributed by atoms with Gasteiger partial charge in [-0.1, -0.05) is 6.42 Å². The minimum Gasteiger partial charge on any atom is -0.369 e. The molecule has 1 aliphatic rings. The molecule has 17 heavy (non-hydrogen) atoms. The average Bonchev–Trinajstić information content (AvgIpc) is 2.27. The Kier molecular flexibility index (Phi) is 3.58. The van der Waals surface area contributed by atoms with Gasteiger partial charge in [0.25, 0.3) is 0 Å². The standard InChI is InChI=1S/C13H17N3S/c1-10-6-11(8-14)7-12(16-10)15-9-13(17-2)4-3-5-13/h6-7H,3-5,9H2,1-2H3,(H,15,16). The zero-order valence-electron chi connectivity index (χ0n) is 10.3. The van der Waals surface area contributed by atoms with Gasteiger partial charge in [-0.25, -0.2) is 4.98 Å². The molecule has 0 amide bonds. The van der Waals surface area contributed by atoms with Crippen LogP contribution in [0.3, 0.4) is 0 Å². The lowest BCUT2D eigenvalue weighted by molar-refractivity contribution is 0.379. The SMILES string of the molecule is CSC1(CNc2cc(C#N)cc(C)n2)CCC1. The lowest BCUT2D eigenvalue weighted by Crippen LogP contribution is -2.40. The second kappa shape index (κ2) is 4.97. The van der Waals surface area contributed by atoms with E-state index in [-0.39, 0.29) is 0 Å². The van der Waals surface area contributed by atoms with Crippen molar-refractivity contribution < 1.29 is 0 Å². The zero-order valence-corrected chi connectivity index (χ0v) is 11.1. The largest absolute Gasteiger partial charge is 0.369 e. The third-order valence-corrected chi connectivity index (χ3v) is 4.79. The van der Waals surface area contributed by atoms with Gasteiger partial charge in [-0.15, -0.1) is 0 Å². The number of anilines is 1. The van der Waals surface area contributed by atoms with Crippen molar-refractivity contribution in [3.8, 4) is 6.07 Å². The monoisotopic (exact) mass is 247 g/mol. The maximum atomic E-state index is 8.91. The summed E-state index contributed by atoms with van der Waals surface area (Å²) in [7, 11) is 0. The second-order valence-electron chi connectivity index (χ2n) is 4.59. The van der Waals surface area contributed by atoms with Crippen LogP contribution in [0.1, 0.15) is 30.5 Å². The summed E-state index contributed by atoms with van der Waals surface area (Å²) in [5, 5.41) is 12.3. The first kappa shape index (κ1) is 12.3. The van der Waals surface area contributed by atoms with Gasteiger partial charge in [0, 0.05) is 17.0 Å². The summed E-state index contributed by atoms with van der Waals surface area (Å²) in [5.41, 5.74) is 1.56. The van der Waals surface area contributed by atoms with Crippen molar-refractivity contribution in [2.24, 2.45) is 0 Å². The summed E-state index contributed by atoms with van der Waals surface area (Å²) < 4.78 is 0.387. The highest BCUT2D eigenvalue weighted by Gasteiger charge is 2.35. The number of nitriles is 1. The van der Waals surface area contributed by atoms with Crippen molar-refractivity contribution in [1.82, 2.24) is 4.98 Å². The van der Waals surface area contributed by atoms with Crippen molar-refractivity contribution in [3.05, 3.63) is 23.4 Å². The van der Waals surface area contributed by atoms with E-state index in [2.05, 4.69) is 22.6 Å². The number of thioether (sulfide) groups is 1. The summed E-state index contributed by atoms with van der Waals surface area (Å²) in [6.07, 6.45) is 6.05. The van der Waals surface area contributed by atoms with E-state index in [1.165, 1.54) is 19.3 Å². The van der Waals surface area contributed by atoms with Gasteiger partial charge in [-0.2, -0.15) is 17.0 Å². The van der Waals surface area contributed by atoms with Crippen LogP contribution in [0.15, 0.2) is 12.1 Å². The van der Waals surface area contributed by atoms with Crippen LogP contribution in [0.25, 0.3) is 0 Å². The Balaban J connectivity index is 2.04. The predicted octanol–water partition coefficient (Wildman–Crippen LogP) is 2.96. The van der Waals surface area contributed by atoms with E-state index >= 15 is 0 Å². The molecule has 2 rings (SSSR count). The highest BCUT2D eigenvalue weighted by molar-refractivity contribution is 8.00. The molecule has 0 aromatic carbocycles. The highest BCUT2D eigenvalue weighted by atomic mass is 32.2. The first-order valence-corrected chi connectivity index (χ1v) is 7.08. The molecule has 0 bridgehead atoms. The number of nitrogens with zero attached hydrogens (tertiary/aromatic N) is 2. The van der Waals surface area contributed by atoms with Gasteiger partial charge in [-0.3, -0.25) is 0 Å². The smallest absolute Gasteiger partial charge is 0.127 e. The number of rotatable bonds is 4. The molecule has 0 unspecified atom stereocenters. The first-order valence-electron chi connectivity index (χ1n) is 5.85. The van der Waals surface area contributed by atoms with E-state index in [0.717, 1.165) is 18.1 Å². The van der Waals surface area contributed by atoms with Crippen molar-refractivity contribution in [3.63, 3.8) is 0 Å². The molecule has 4 heteroatoms. The maximum Gasteiger partial charge on any atom is 0.127 e. The van der Waals surface area contributed by atoms with E-state index < -0.39 is 0 Å². The number of hydrogen-bond acceptors (Lipinski definition) is 4. The Morgan fingerprint density at radius 1 is 1.53 bits per heavy atom. The number of aromatic nitrogens is 1. The summed E-state index contributed by atoms with van der Waals surface area (Å²) in [6.45, 7) is 2.86. The normalized spacial score (nSPS) is 17.0. The topological polar surface area (TPSA) is 48.7 Å². The molecule has 1 aromatic heterocycles. The lowest BCUT2D eigenvalue weighted by atomic mass is 9.84. The fourth-order valence-electron chi connectivity index (χ4n) is 2.10. The number of nitrogens with one attached hydrogen (secondary N) is 1. The number of hydrogen-bond donors (Lipinski definition) is 1. The van der Waals surface area contributed by atoms with E-state index in [1.807, 2.05) is 24.8 Å². The van der Waals surface area contributed by atoms with Crippen LogP contribution in [0.5, 0.6) is 0 Å². The molecule has 1 fully saturated rings. The summed E-state index contributed by atoms with van der Waals surface area (Å²) in [6, 6.07) is 5.79. The molecule has 0 atom stereocenters. The minimum atomic E-state index is 0.387. The molecule has 0 aliphatic heterocycles. The summed E-state index contributed by atoms with van der Waals surface area (Å²) in [5.74, 6) is 0.821. The Labute approximate surface area is 107 Å². The maximum absolute atomic E-state index is 8.91. The third kappa shape index (κ3) is 2.73. The summed E-state index contributed by atoms with van der Waals surface area (Å²) in [4.78, 5) is 4.41. The first-order chi connectivity index (χ1) is 8.17. The Morgan fingerprint density at radius 3 is 2.82 bits per heavy atom. The van der Waals surface area contributed by atoms with E-state index in [4.69, 9.17) is 5.26 Å². The zero-order chi connectivity index (χ0) is 12.3. The Bertz CT molecular complexity index is 441. The van der Waals surface area contributed by atoms with Crippen LogP contribution >= 0.6 is 11.8 Å². The van der Waals surface area contributed by atoms with Gasteiger partial charge in [0.15, 0.2) is 0 Å². The molecule has 1 heterocycles. The van der Waals surface area contributed by atoms with Crippen molar-refractivity contribution >= 4 is 17.6 Å². The van der Waals surface area contributed by atoms with Crippen molar-refractivity contribution in [1.29, 1.82) is 5.26 Å². The third-order valence-electron chi connectivity index (χ3n) is 3.37. The van der Waals surface area contributed by atoms with Gasteiger partial charge in [0.05, 0.1) is 11.6 Å². The van der Waals surface area contributed by atoms with Gasteiger partial charge in [0.2, 0.25) is 0 Å². The average molecular weight is 247 g/mol. The van der Waals surface area contributed by atoms with Crippen LogP contribution in [0.4, 0.5) is 5.82 Å². The van der Waals surface area contributed by atoms with E-state index in [9.17, 15) is 0 Å². The molecule has 90 valence electrons. The van der Waals surface area contributed by atoms with Crippen LogP contribution in [-0.4, -0.2) is 22.5 Å². The van der Waals surface area contributed by atoms with E-state index in [1.54, 1.807) is 6.07 Å². The molecule has 1 aliphatic carbocycles. The molecule has 1 N–H and O–H groups in total. The van der Waals surface area contributed by atoms with Gasteiger partial charge < -0.3 is 5.32 Å². The van der Waals surface area contributed by atoms with E-state index in [0.29, 0.717) is 10.3 Å². The molecule has 3 nitrogen and oxygen atoms in total. The van der Waals surface area contributed by atoms with Gasteiger partial charge in [0.1, 0.15) is 5.82 Å². The molecular weight excluding hydrogens is 230 g/mol. The highest BCUT2D eigenvalue weighted by Crippen LogP contribution is 2.42. The minimum absolute atomic E-state index is 0.387. The molecule has 1 aromatic rings. The van der Waals surface area contributed by atoms with Crippen molar-refractivity contribution in [2.45, 2.75) is 30.9 Å². The number of pyridine rings is 1. The second-order valence-corrected chi connectivity index (χ2v) is 5.86. The Hall–Kier alpha value is -1.21.